The minimum absolute atomic E-state index is 0.0618. The van der Waals surface area contributed by atoms with E-state index < -0.39 is 11.2 Å². The SMILES string of the molecule is CC(C)(C)OC(=O)N1CCC2(CC1)CN(CC1CCC(C(=O)NCC3CCCO3)CC1)C(=O)O2. The van der Waals surface area contributed by atoms with Gasteiger partial charge in [0.25, 0.3) is 0 Å². The topological polar surface area (TPSA) is 97.4 Å². The van der Waals surface area contributed by atoms with E-state index in [0.29, 0.717) is 51.5 Å². The van der Waals surface area contributed by atoms with Gasteiger partial charge in [-0.3, -0.25) is 4.79 Å². The fraction of sp³-hybridized carbons (Fsp3) is 0.880. The molecule has 3 heterocycles. The van der Waals surface area contributed by atoms with Crippen molar-refractivity contribution in [1.29, 1.82) is 0 Å². The zero-order valence-electron chi connectivity index (χ0n) is 21.0. The van der Waals surface area contributed by atoms with Gasteiger partial charge < -0.3 is 29.3 Å². The summed E-state index contributed by atoms with van der Waals surface area (Å²) in [6.07, 6.45) is 6.60. The van der Waals surface area contributed by atoms with Crippen LogP contribution < -0.4 is 5.32 Å². The summed E-state index contributed by atoms with van der Waals surface area (Å²) in [7, 11) is 0. The zero-order chi connectivity index (χ0) is 24.3. The van der Waals surface area contributed by atoms with Crippen molar-refractivity contribution in [3.8, 4) is 0 Å². The number of amides is 3. The van der Waals surface area contributed by atoms with Gasteiger partial charge in [-0.25, -0.2) is 9.59 Å². The second-order valence-corrected chi connectivity index (χ2v) is 11.5. The van der Waals surface area contributed by atoms with E-state index in [-0.39, 0.29) is 30.1 Å². The molecule has 1 spiro atoms. The van der Waals surface area contributed by atoms with Gasteiger partial charge in [-0.2, -0.15) is 0 Å². The average Bonchev–Trinajstić information content (AvgIpc) is 3.40. The largest absolute Gasteiger partial charge is 0.444 e. The lowest BCUT2D eigenvalue weighted by Crippen LogP contribution is -2.50. The number of carbonyl (C=O) groups excluding carboxylic acids is 3. The number of piperidine rings is 1. The maximum absolute atomic E-state index is 12.6. The summed E-state index contributed by atoms with van der Waals surface area (Å²) in [6, 6.07) is 0. The van der Waals surface area contributed by atoms with Gasteiger partial charge >= 0.3 is 12.2 Å². The summed E-state index contributed by atoms with van der Waals surface area (Å²) in [5.74, 6) is 0.601. The van der Waals surface area contributed by atoms with Gasteiger partial charge in [-0.15, -0.1) is 0 Å². The second kappa shape index (κ2) is 10.3. The Bertz CT molecular complexity index is 744. The first-order chi connectivity index (χ1) is 16.1. The fourth-order valence-corrected chi connectivity index (χ4v) is 5.60. The number of hydrogen-bond donors (Lipinski definition) is 1. The van der Waals surface area contributed by atoms with Gasteiger partial charge in [0.05, 0.1) is 12.6 Å². The van der Waals surface area contributed by atoms with Crippen LogP contribution in [0.25, 0.3) is 0 Å². The third-order valence-corrected chi connectivity index (χ3v) is 7.59. The predicted octanol–water partition coefficient (Wildman–Crippen LogP) is 3.31. The molecule has 4 rings (SSSR count). The van der Waals surface area contributed by atoms with Crippen LogP contribution in [0, 0.1) is 11.8 Å². The Balaban J connectivity index is 1.18. The van der Waals surface area contributed by atoms with E-state index in [9.17, 15) is 14.4 Å². The molecule has 1 N–H and O–H groups in total. The van der Waals surface area contributed by atoms with Crippen molar-refractivity contribution in [3.05, 3.63) is 0 Å². The molecule has 4 aliphatic rings. The van der Waals surface area contributed by atoms with E-state index in [1.54, 1.807) is 4.90 Å². The molecule has 3 amide bonds. The molecule has 1 atom stereocenters. The summed E-state index contributed by atoms with van der Waals surface area (Å²) >= 11 is 0. The van der Waals surface area contributed by atoms with Crippen molar-refractivity contribution in [2.45, 2.75) is 89.4 Å². The van der Waals surface area contributed by atoms with Crippen LogP contribution in [0.3, 0.4) is 0 Å². The number of nitrogens with zero attached hydrogens (tertiary/aromatic N) is 2. The number of likely N-dealkylation sites (tertiary alicyclic amines) is 1. The highest BCUT2D eigenvalue weighted by atomic mass is 16.6. The Kier molecular flexibility index (Phi) is 7.60. The molecule has 3 saturated heterocycles. The van der Waals surface area contributed by atoms with Gasteiger partial charge in [0, 0.05) is 51.5 Å². The lowest BCUT2D eigenvalue weighted by molar-refractivity contribution is -0.126. The van der Waals surface area contributed by atoms with Crippen molar-refractivity contribution < 1.29 is 28.6 Å². The van der Waals surface area contributed by atoms with Crippen LogP contribution in [0.2, 0.25) is 0 Å². The van der Waals surface area contributed by atoms with Gasteiger partial charge in [0.1, 0.15) is 11.2 Å². The molecule has 1 aliphatic carbocycles. The maximum atomic E-state index is 12.6. The normalized spacial score (nSPS) is 29.3. The Morgan fingerprint density at radius 3 is 2.44 bits per heavy atom. The van der Waals surface area contributed by atoms with Crippen molar-refractivity contribution in [2.24, 2.45) is 11.8 Å². The molecule has 0 bridgehead atoms. The van der Waals surface area contributed by atoms with Crippen LogP contribution in [0.5, 0.6) is 0 Å². The average molecular weight is 480 g/mol. The first-order valence-corrected chi connectivity index (χ1v) is 13.0. The summed E-state index contributed by atoms with van der Waals surface area (Å²) in [4.78, 5) is 41.0. The van der Waals surface area contributed by atoms with Gasteiger partial charge in [0.2, 0.25) is 5.91 Å². The molecule has 1 saturated carbocycles. The van der Waals surface area contributed by atoms with Crippen LogP contribution in [-0.2, 0) is 19.0 Å². The summed E-state index contributed by atoms with van der Waals surface area (Å²) in [5, 5.41) is 3.07. The van der Waals surface area contributed by atoms with Crippen LogP contribution in [-0.4, -0.2) is 84.5 Å². The van der Waals surface area contributed by atoms with Crippen LogP contribution in [0.1, 0.15) is 72.1 Å². The molecule has 1 unspecified atom stereocenters. The maximum Gasteiger partial charge on any atom is 0.410 e. The molecule has 0 radical (unpaired) electrons. The van der Waals surface area contributed by atoms with Crippen molar-refractivity contribution in [2.75, 3.05) is 39.3 Å². The zero-order valence-corrected chi connectivity index (χ0v) is 21.0. The van der Waals surface area contributed by atoms with Crippen LogP contribution >= 0.6 is 0 Å². The molecule has 9 nitrogen and oxygen atoms in total. The van der Waals surface area contributed by atoms with Crippen LogP contribution in [0.4, 0.5) is 9.59 Å². The minimum atomic E-state index is -0.521. The van der Waals surface area contributed by atoms with Crippen LogP contribution in [0.15, 0.2) is 0 Å². The third kappa shape index (κ3) is 6.34. The number of rotatable bonds is 5. The van der Waals surface area contributed by atoms with E-state index in [2.05, 4.69) is 5.32 Å². The molecule has 0 aromatic heterocycles. The summed E-state index contributed by atoms with van der Waals surface area (Å²) in [6.45, 7) is 9.31. The lowest BCUT2D eigenvalue weighted by atomic mass is 9.81. The number of hydrogen-bond acceptors (Lipinski definition) is 6. The fourth-order valence-electron chi connectivity index (χ4n) is 5.60. The molecule has 3 aliphatic heterocycles. The third-order valence-electron chi connectivity index (χ3n) is 7.59. The predicted molar refractivity (Wildman–Crippen MR) is 125 cm³/mol. The van der Waals surface area contributed by atoms with Crippen molar-refractivity contribution in [1.82, 2.24) is 15.1 Å². The minimum Gasteiger partial charge on any atom is -0.444 e. The molecule has 192 valence electrons. The molecule has 4 fully saturated rings. The van der Waals surface area contributed by atoms with Gasteiger partial charge in [-0.1, -0.05) is 0 Å². The van der Waals surface area contributed by atoms with Crippen molar-refractivity contribution >= 4 is 18.1 Å². The molecular formula is C25H41N3O6. The highest BCUT2D eigenvalue weighted by Crippen LogP contribution is 2.36. The number of nitrogens with one attached hydrogen (secondary N) is 1. The smallest absolute Gasteiger partial charge is 0.410 e. The lowest BCUT2D eigenvalue weighted by Gasteiger charge is -2.38. The highest BCUT2D eigenvalue weighted by Gasteiger charge is 2.48. The first kappa shape index (κ1) is 25.1. The monoisotopic (exact) mass is 479 g/mol. The second-order valence-electron chi connectivity index (χ2n) is 11.5. The number of carbonyl (C=O) groups is 3. The van der Waals surface area contributed by atoms with E-state index in [0.717, 1.165) is 45.1 Å². The first-order valence-electron chi connectivity index (χ1n) is 13.0. The molecular weight excluding hydrogens is 438 g/mol. The highest BCUT2D eigenvalue weighted by molar-refractivity contribution is 5.78. The number of ether oxygens (including phenoxy) is 3. The Labute approximate surface area is 202 Å². The van der Waals surface area contributed by atoms with Crippen molar-refractivity contribution in [3.63, 3.8) is 0 Å². The van der Waals surface area contributed by atoms with E-state index in [1.165, 1.54) is 0 Å². The Morgan fingerprint density at radius 1 is 1.12 bits per heavy atom. The van der Waals surface area contributed by atoms with Gasteiger partial charge in [0.15, 0.2) is 0 Å². The van der Waals surface area contributed by atoms with E-state index in [4.69, 9.17) is 14.2 Å². The van der Waals surface area contributed by atoms with Gasteiger partial charge in [-0.05, 0) is 65.2 Å². The van der Waals surface area contributed by atoms with E-state index >= 15 is 0 Å². The quantitative estimate of drug-likeness (QED) is 0.650. The molecule has 9 heteroatoms. The summed E-state index contributed by atoms with van der Waals surface area (Å²) < 4.78 is 16.9. The van der Waals surface area contributed by atoms with E-state index in [1.807, 2.05) is 25.7 Å². The Morgan fingerprint density at radius 2 is 1.82 bits per heavy atom. The molecule has 0 aromatic carbocycles. The standard InChI is InChI=1S/C25H41N3O6/c1-24(2,3)33-22(30)27-12-10-25(11-13-27)17-28(23(31)34-25)16-18-6-8-19(9-7-18)21(29)26-15-20-5-4-14-32-20/h18-20H,4-17H2,1-3H3,(H,26,29). The molecule has 34 heavy (non-hydrogen) atoms. The Hall–Kier alpha value is -2.03. The molecule has 0 aromatic rings. The summed E-state index contributed by atoms with van der Waals surface area (Å²) in [5.41, 5.74) is -1.03.